The fraction of sp³-hybridized carbons (Fsp3) is 0.478. The van der Waals surface area contributed by atoms with Crippen LogP contribution in [0.5, 0.6) is 5.75 Å². The summed E-state index contributed by atoms with van der Waals surface area (Å²) < 4.78 is 5.41. The smallest absolute Gasteiger partial charge is 0.225 e. The quantitative estimate of drug-likeness (QED) is 0.272. The van der Waals surface area contributed by atoms with Crippen LogP contribution in [0.4, 0.5) is 5.95 Å². The molecule has 0 spiro atoms. The van der Waals surface area contributed by atoms with Gasteiger partial charge in [0, 0.05) is 58.1 Å². The highest BCUT2D eigenvalue weighted by molar-refractivity contribution is 14.0. The average Bonchev–Trinajstić information content (AvgIpc) is 2.85. The largest absolute Gasteiger partial charge is 0.496 e. The Kier molecular flexibility index (Phi) is 11.7. The molecular weight excluding hydrogens is 533 g/mol. The summed E-state index contributed by atoms with van der Waals surface area (Å²) in [5.41, 5.74) is 1.15. The number of aliphatic imine (C=N–C) groups is 1. The summed E-state index contributed by atoms with van der Waals surface area (Å²) in [4.78, 5) is 29.7. The second kappa shape index (κ2) is 14.5. The lowest BCUT2D eigenvalue weighted by molar-refractivity contribution is -0.131. The van der Waals surface area contributed by atoms with Gasteiger partial charge in [-0.05, 0) is 31.0 Å². The Bertz CT molecular complexity index is 874. The van der Waals surface area contributed by atoms with E-state index >= 15 is 0 Å². The molecule has 180 valence electrons. The van der Waals surface area contributed by atoms with Gasteiger partial charge in [0.05, 0.1) is 13.7 Å². The minimum absolute atomic E-state index is 0. The fourth-order valence-corrected chi connectivity index (χ4v) is 3.60. The lowest BCUT2D eigenvalue weighted by Crippen LogP contribution is -2.49. The van der Waals surface area contributed by atoms with Gasteiger partial charge in [0.1, 0.15) is 5.75 Å². The molecule has 10 heteroatoms. The molecule has 0 radical (unpaired) electrons. The summed E-state index contributed by atoms with van der Waals surface area (Å²) in [6.07, 6.45) is 4.70. The van der Waals surface area contributed by atoms with Crippen molar-refractivity contribution in [1.82, 2.24) is 25.5 Å². The summed E-state index contributed by atoms with van der Waals surface area (Å²) in [6, 6.07) is 9.81. The van der Waals surface area contributed by atoms with E-state index in [-0.39, 0.29) is 29.9 Å². The third-order valence-corrected chi connectivity index (χ3v) is 5.29. The van der Waals surface area contributed by atoms with E-state index in [1.54, 1.807) is 25.6 Å². The zero-order chi connectivity index (χ0) is 22.6. The number of nitrogens with zero attached hydrogens (tertiary/aromatic N) is 5. The summed E-state index contributed by atoms with van der Waals surface area (Å²) in [5.74, 6) is 2.47. The van der Waals surface area contributed by atoms with Crippen molar-refractivity contribution in [3.05, 3.63) is 48.3 Å². The lowest BCUT2D eigenvalue weighted by atomic mass is 10.1. The minimum atomic E-state index is 0. The van der Waals surface area contributed by atoms with E-state index < -0.39 is 0 Å². The Morgan fingerprint density at radius 3 is 2.52 bits per heavy atom. The zero-order valence-electron chi connectivity index (χ0n) is 19.4. The first-order chi connectivity index (χ1) is 15.7. The van der Waals surface area contributed by atoms with E-state index in [0.29, 0.717) is 26.1 Å². The molecule has 0 bridgehead atoms. The number of amides is 1. The van der Waals surface area contributed by atoms with Crippen LogP contribution in [-0.2, 0) is 11.2 Å². The molecule has 2 N–H and O–H groups in total. The first-order valence-electron chi connectivity index (χ1n) is 11.1. The van der Waals surface area contributed by atoms with Gasteiger partial charge >= 0.3 is 0 Å². The maximum Gasteiger partial charge on any atom is 0.225 e. The Hall–Kier alpha value is -2.63. The number of carbonyl (C=O) groups is 1. The van der Waals surface area contributed by atoms with Crippen molar-refractivity contribution >= 4 is 41.8 Å². The van der Waals surface area contributed by atoms with Gasteiger partial charge in [0.2, 0.25) is 11.9 Å². The van der Waals surface area contributed by atoms with Gasteiger partial charge in [-0.15, -0.1) is 24.0 Å². The van der Waals surface area contributed by atoms with Crippen molar-refractivity contribution in [2.24, 2.45) is 4.99 Å². The molecule has 33 heavy (non-hydrogen) atoms. The zero-order valence-corrected chi connectivity index (χ0v) is 21.7. The molecule has 1 aliphatic rings. The molecular formula is C23H34IN7O2. The van der Waals surface area contributed by atoms with Crippen molar-refractivity contribution in [3.8, 4) is 5.75 Å². The summed E-state index contributed by atoms with van der Waals surface area (Å²) in [6.45, 7) is 6.80. The van der Waals surface area contributed by atoms with E-state index in [0.717, 1.165) is 55.8 Å². The first-order valence-corrected chi connectivity index (χ1v) is 11.1. The summed E-state index contributed by atoms with van der Waals surface area (Å²) in [5, 5.41) is 6.57. The van der Waals surface area contributed by atoms with E-state index in [2.05, 4.69) is 36.6 Å². The van der Waals surface area contributed by atoms with Crippen LogP contribution in [0.2, 0.25) is 0 Å². The predicted octanol–water partition coefficient (Wildman–Crippen LogP) is 1.94. The number of para-hydroxylation sites is 1. The molecule has 9 nitrogen and oxygen atoms in total. The Morgan fingerprint density at radius 2 is 1.82 bits per heavy atom. The number of halogens is 1. The van der Waals surface area contributed by atoms with E-state index in [1.165, 1.54) is 0 Å². The van der Waals surface area contributed by atoms with Crippen LogP contribution in [-0.4, -0.2) is 79.7 Å². The van der Waals surface area contributed by atoms with Crippen LogP contribution < -0.4 is 20.3 Å². The molecule has 2 heterocycles. The Balaban J connectivity index is 0.00000385. The second-order valence-corrected chi connectivity index (χ2v) is 7.42. The third kappa shape index (κ3) is 8.34. The van der Waals surface area contributed by atoms with Crippen LogP contribution in [0.15, 0.2) is 47.7 Å². The molecule has 3 rings (SSSR count). The predicted molar refractivity (Wildman–Crippen MR) is 142 cm³/mol. The molecule has 1 aromatic carbocycles. The maximum absolute atomic E-state index is 12.6. The van der Waals surface area contributed by atoms with E-state index in [1.807, 2.05) is 30.0 Å². The van der Waals surface area contributed by atoms with Gasteiger partial charge in [-0.25, -0.2) is 9.97 Å². The maximum atomic E-state index is 12.6. The first kappa shape index (κ1) is 26.6. The molecule has 0 unspecified atom stereocenters. The van der Waals surface area contributed by atoms with Crippen LogP contribution in [0.1, 0.15) is 18.9 Å². The molecule has 0 saturated carbocycles. The molecule has 0 aliphatic carbocycles. The molecule has 2 aromatic rings. The number of anilines is 1. The number of aromatic nitrogens is 2. The van der Waals surface area contributed by atoms with Crippen LogP contribution in [0.25, 0.3) is 0 Å². The van der Waals surface area contributed by atoms with E-state index in [4.69, 9.17) is 4.74 Å². The average molecular weight is 567 g/mol. The van der Waals surface area contributed by atoms with Crippen LogP contribution in [0.3, 0.4) is 0 Å². The van der Waals surface area contributed by atoms with Crippen molar-refractivity contribution < 1.29 is 9.53 Å². The molecule has 1 fully saturated rings. The van der Waals surface area contributed by atoms with Gasteiger partial charge < -0.3 is 25.2 Å². The number of rotatable bonds is 9. The molecule has 1 aromatic heterocycles. The van der Waals surface area contributed by atoms with Gasteiger partial charge in [0.25, 0.3) is 0 Å². The third-order valence-electron chi connectivity index (χ3n) is 5.29. The number of methoxy groups -OCH3 is 1. The number of hydrogen-bond donors (Lipinski definition) is 2. The number of guanidine groups is 1. The summed E-state index contributed by atoms with van der Waals surface area (Å²) >= 11 is 0. The Morgan fingerprint density at radius 1 is 1.09 bits per heavy atom. The topological polar surface area (TPSA) is 95.0 Å². The summed E-state index contributed by atoms with van der Waals surface area (Å²) in [7, 11) is 1.68. The van der Waals surface area contributed by atoms with Crippen molar-refractivity contribution in [3.63, 3.8) is 0 Å². The number of hydrogen-bond acceptors (Lipinski definition) is 6. The highest BCUT2D eigenvalue weighted by atomic mass is 127. The lowest BCUT2D eigenvalue weighted by Gasteiger charge is -2.34. The van der Waals surface area contributed by atoms with Gasteiger partial charge in [-0.1, -0.05) is 18.2 Å². The number of carbonyl (C=O) groups excluding carboxylic acids is 1. The van der Waals surface area contributed by atoms with Crippen LogP contribution in [0, 0.1) is 0 Å². The number of nitrogens with one attached hydrogen (secondary N) is 2. The highest BCUT2D eigenvalue weighted by Crippen LogP contribution is 2.17. The van der Waals surface area contributed by atoms with Gasteiger partial charge in [-0.3, -0.25) is 9.79 Å². The monoisotopic (exact) mass is 567 g/mol. The second-order valence-electron chi connectivity index (χ2n) is 7.42. The molecule has 1 amide bonds. The minimum Gasteiger partial charge on any atom is -0.496 e. The number of ether oxygens (including phenoxy) is 1. The molecule has 1 saturated heterocycles. The Labute approximate surface area is 213 Å². The molecule has 1 aliphatic heterocycles. The van der Waals surface area contributed by atoms with Crippen molar-refractivity contribution in [2.45, 2.75) is 19.8 Å². The normalized spacial score (nSPS) is 13.8. The highest BCUT2D eigenvalue weighted by Gasteiger charge is 2.22. The standard InChI is InChI=1S/C23H33N7O2.HI/c1-3-24-22(25-13-9-19-7-4-5-8-20(19)32-2)26-14-10-21(31)29-15-17-30(18-16-29)23-27-11-6-12-28-23;/h4-8,11-12H,3,9-10,13-18H2,1-2H3,(H2,24,25,26);1H. The van der Waals surface area contributed by atoms with Gasteiger partial charge in [-0.2, -0.15) is 0 Å². The number of benzene rings is 1. The van der Waals surface area contributed by atoms with Crippen molar-refractivity contribution in [1.29, 1.82) is 0 Å². The van der Waals surface area contributed by atoms with E-state index in [9.17, 15) is 4.79 Å². The number of piperazine rings is 1. The SMILES string of the molecule is CCNC(=NCCC(=O)N1CCN(c2ncccn2)CC1)NCCc1ccccc1OC.I. The molecule has 0 atom stereocenters. The van der Waals surface area contributed by atoms with Crippen LogP contribution >= 0.6 is 24.0 Å². The van der Waals surface area contributed by atoms with Crippen molar-refractivity contribution in [2.75, 3.05) is 57.8 Å². The van der Waals surface area contributed by atoms with Gasteiger partial charge in [0.15, 0.2) is 5.96 Å². The fourth-order valence-electron chi connectivity index (χ4n) is 3.60.